The lowest BCUT2D eigenvalue weighted by molar-refractivity contribution is 0.0802. The van der Waals surface area contributed by atoms with Gasteiger partial charge in [-0.2, -0.15) is 0 Å². The number of halogens is 1. The van der Waals surface area contributed by atoms with Crippen LogP contribution in [0.3, 0.4) is 0 Å². The first-order chi connectivity index (χ1) is 8.28. The minimum atomic E-state index is -0.284. The van der Waals surface area contributed by atoms with Crippen molar-refractivity contribution in [3.63, 3.8) is 0 Å². The molecule has 0 amide bonds. The van der Waals surface area contributed by atoms with E-state index in [9.17, 15) is 4.39 Å². The van der Waals surface area contributed by atoms with Crippen LogP contribution < -0.4 is 10.1 Å². The van der Waals surface area contributed by atoms with Crippen molar-refractivity contribution < 1.29 is 13.9 Å². The van der Waals surface area contributed by atoms with Gasteiger partial charge in [-0.15, -0.1) is 0 Å². The van der Waals surface area contributed by atoms with Gasteiger partial charge in [-0.3, -0.25) is 0 Å². The monoisotopic (exact) mass is 239 g/mol. The normalized spacial score (nSPS) is 16.8. The molecule has 1 aliphatic rings. The van der Waals surface area contributed by atoms with E-state index in [0.717, 1.165) is 6.54 Å². The fraction of sp³-hybridized carbons (Fsp3) is 0.538. The maximum Gasteiger partial charge on any atom is 0.134 e. The van der Waals surface area contributed by atoms with Gasteiger partial charge in [0.25, 0.3) is 0 Å². The summed E-state index contributed by atoms with van der Waals surface area (Å²) in [5.74, 6) is 0.262. The smallest absolute Gasteiger partial charge is 0.134 e. The van der Waals surface area contributed by atoms with E-state index in [1.54, 1.807) is 19.2 Å². The van der Waals surface area contributed by atoms with Crippen molar-refractivity contribution in [3.8, 4) is 5.75 Å². The lowest BCUT2D eigenvalue weighted by Gasteiger charge is -2.19. The Labute approximate surface area is 101 Å². The summed E-state index contributed by atoms with van der Waals surface area (Å²) in [5, 5.41) is 3.38. The highest BCUT2D eigenvalue weighted by atomic mass is 19.1. The van der Waals surface area contributed by atoms with E-state index in [4.69, 9.17) is 9.47 Å². The summed E-state index contributed by atoms with van der Waals surface area (Å²) in [6, 6.07) is 6.82. The molecule has 0 spiro atoms. The Kier molecular flexibility index (Phi) is 4.34. The molecular formula is C13H18FNO2. The van der Waals surface area contributed by atoms with Crippen molar-refractivity contribution in [1.82, 2.24) is 5.32 Å². The van der Waals surface area contributed by atoms with Gasteiger partial charge in [-0.1, -0.05) is 6.07 Å². The van der Waals surface area contributed by atoms with Gasteiger partial charge in [0.15, 0.2) is 0 Å². The third-order valence-corrected chi connectivity index (χ3v) is 2.66. The Bertz CT molecular complexity index is 355. The van der Waals surface area contributed by atoms with Gasteiger partial charge in [0.1, 0.15) is 17.7 Å². The zero-order valence-corrected chi connectivity index (χ0v) is 9.99. The number of ether oxygens (including phenoxy) is 2. The standard InChI is InChI=1S/C13H18FNO2/c1-16-9-13(8-15-11-5-6-11)17-12-4-2-3-10(14)7-12/h2-4,7,11,13,15H,5-6,8-9H2,1H3. The summed E-state index contributed by atoms with van der Waals surface area (Å²) in [7, 11) is 1.64. The molecule has 1 unspecified atom stereocenters. The lowest BCUT2D eigenvalue weighted by atomic mass is 10.3. The molecule has 94 valence electrons. The summed E-state index contributed by atoms with van der Waals surface area (Å²) < 4.78 is 23.8. The number of hydrogen-bond acceptors (Lipinski definition) is 3. The van der Waals surface area contributed by atoms with Gasteiger partial charge in [0.05, 0.1) is 6.61 Å². The summed E-state index contributed by atoms with van der Waals surface area (Å²) >= 11 is 0. The second-order valence-electron chi connectivity index (χ2n) is 4.34. The molecular weight excluding hydrogens is 221 g/mol. The lowest BCUT2D eigenvalue weighted by Crippen LogP contribution is -2.35. The second-order valence-corrected chi connectivity index (χ2v) is 4.34. The predicted octanol–water partition coefficient (Wildman–Crippen LogP) is 1.97. The van der Waals surface area contributed by atoms with Crippen LogP contribution >= 0.6 is 0 Å². The van der Waals surface area contributed by atoms with Crippen LogP contribution in [0.5, 0.6) is 5.75 Å². The summed E-state index contributed by atoms with van der Waals surface area (Å²) in [6.07, 6.45) is 2.39. The molecule has 1 aromatic rings. The average molecular weight is 239 g/mol. The highest BCUT2D eigenvalue weighted by Gasteiger charge is 2.22. The van der Waals surface area contributed by atoms with E-state index < -0.39 is 0 Å². The Balaban J connectivity index is 1.86. The van der Waals surface area contributed by atoms with Gasteiger partial charge in [-0.05, 0) is 25.0 Å². The van der Waals surface area contributed by atoms with Gasteiger partial charge >= 0.3 is 0 Å². The number of rotatable bonds is 7. The Morgan fingerprint density at radius 3 is 2.94 bits per heavy atom. The van der Waals surface area contributed by atoms with E-state index in [-0.39, 0.29) is 11.9 Å². The average Bonchev–Trinajstić information content (AvgIpc) is 3.10. The third-order valence-electron chi connectivity index (χ3n) is 2.66. The molecule has 4 heteroatoms. The van der Waals surface area contributed by atoms with Crippen molar-refractivity contribution in [1.29, 1.82) is 0 Å². The molecule has 1 aliphatic carbocycles. The maximum atomic E-state index is 13.0. The molecule has 17 heavy (non-hydrogen) atoms. The van der Waals surface area contributed by atoms with Crippen LogP contribution in [0.2, 0.25) is 0 Å². The first kappa shape index (κ1) is 12.3. The summed E-state index contributed by atoms with van der Waals surface area (Å²) in [6.45, 7) is 1.23. The van der Waals surface area contributed by atoms with Crippen LogP contribution in [0.4, 0.5) is 4.39 Å². The number of methoxy groups -OCH3 is 1. The Morgan fingerprint density at radius 2 is 2.29 bits per heavy atom. The van der Waals surface area contributed by atoms with Gasteiger partial charge in [0.2, 0.25) is 0 Å². The number of benzene rings is 1. The van der Waals surface area contributed by atoms with Gasteiger partial charge in [0, 0.05) is 25.8 Å². The zero-order valence-electron chi connectivity index (χ0n) is 9.99. The molecule has 0 aromatic heterocycles. The third kappa shape index (κ3) is 4.32. The highest BCUT2D eigenvalue weighted by Crippen LogP contribution is 2.19. The molecule has 2 rings (SSSR count). The number of nitrogens with one attached hydrogen (secondary N) is 1. The second kappa shape index (κ2) is 5.98. The summed E-state index contributed by atoms with van der Waals surface area (Å²) in [5.41, 5.74) is 0. The highest BCUT2D eigenvalue weighted by molar-refractivity contribution is 5.22. The molecule has 0 aliphatic heterocycles. The van der Waals surface area contributed by atoms with Crippen LogP contribution in [0.1, 0.15) is 12.8 Å². The molecule has 1 atom stereocenters. The fourth-order valence-corrected chi connectivity index (χ4v) is 1.64. The first-order valence-electron chi connectivity index (χ1n) is 5.92. The van der Waals surface area contributed by atoms with Crippen molar-refractivity contribution in [3.05, 3.63) is 30.1 Å². The van der Waals surface area contributed by atoms with Crippen LogP contribution in [-0.4, -0.2) is 32.4 Å². The van der Waals surface area contributed by atoms with E-state index in [1.165, 1.54) is 25.0 Å². The van der Waals surface area contributed by atoms with Gasteiger partial charge in [-0.25, -0.2) is 4.39 Å². The van der Waals surface area contributed by atoms with Gasteiger partial charge < -0.3 is 14.8 Å². The molecule has 0 radical (unpaired) electrons. The maximum absolute atomic E-state index is 13.0. The Hall–Kier alpha value is -1.13. The fourth-order valence-electron chi connectivity index (χ4n) is 1.64. The van der Waals surface area contributed by atoms with E-state index >= 15 is 0 Å². The van der Waals surface area contributed by atoms with E-state index in [1.807, 2.05) is 0 Å². The molecule has 0 heterocycles. The van der Waals surface area contributed by atoms with Crippen molar-refractivity contribution in [2.24, 2.45) is 0 Å². The van der Waals surface area contributed by atoms with Crippen LogP contribution in [0, 0.1) is 5.82 Å². The van der Waals surface area contributed by atoms with E-state index in [0.29, 0.717) is 18.4 Å². The van der Waals surface area contributed by atoms with Crippen molar-refractivity contribution in [2.45, 2.75) is 25.0 Å². The summed E-state index contributed by atoms with van der Waals surface area (Å²) in [4.78, 5) is 0. The molecule has 1 N–H and O–H groups in total. The van der Waals surface area contributed by atoms with Crippen molar-refractivity contribution >= 4 is 0 Å². The SMILES string of the molecule is COCC(CNC1CC1)Oc1cccc(F)c1. The molecule has 0 saturated heterocycles. The topological polar surface area (TPSA) is 30.5 Å². The minimum Gasteiger partial charge on any atom is -0.487 e. The van der Waals surface area contributed by atoms with Crippen LogP contribution in [-0.2, 0) is 4.74 Å². The molecule has 0 bridgehead atoms. The van der Waals surface area contributed by atoms with E-state index in [2.05, 4.69) is 5.32 Å². The molecule has 1 fully saturated rings. The Morgan fingerprint density at radius 1 is 1.47 bits per heavy atom. The first-order valence-corrected chi connectivity index (χ1v) is 5.92. The largest absolute Gasteiger partial charge is 0.487 e. The predicted molar refractivity (Wildman–Crippen MR) is 63.7 cm³/mol. The molecule has 1 aromatic carbocycles. The molecule has 3 nitrogen and oxygen atoms in total. The van der Waals surface area contributed by atoms with Crippen LogP contribution in [0.15, 0.2) is 24.3 Å². The number of hydrogen-bond donors (Lipinski definition) is 1. The van der Waals surface area contributed by atoms with Crippen LogP contribution in [0.25, 0.3) is 0 Å². The quantitative estimate of drug-likeness (QED) is 0.789. The van der Waals surface area contributed by atoms with Crippen molar-refractivity contribution in [2.75, 3.05) is 20.3 Å². The zero-order chi connectivity index (χ0) is 12.1. The molecule has 1 saturated carbocycles. The minimum absolute atomic E-state index is 0.0811.